The molecule has 6 N–H and O–H groups in total. The van der Waals surface area contributed by atoms with Crippen molar-refractivity contribution in [3.63, 3.8) is 0 Å². The normalized spacial score (nSPS) is 15.3. The summed E-state index contributed by atoms with van der Waals surface area (Å²) < 4.78 is 5.15. The van der Waals surface area contributed by atoms with Crippen LogP contribution in [0.4, 0.5) is 4.79 Å². The third-order valence-corrected chi connectivity index (χ3v) is 5.72. The van der Waals surface area contributed by atoms with E-state index in [4.69, 9.17) is 16.2 Å². The molecule has 9 nitrogen and oxygen atoms in total. The standard InChI is InChI=1S/C24H29N5O4/c1-14(22(30)28-13-15-7-9-16(10-8-15)21(25)27-2)29-23(31)20(33-24(26)32)19-11-17-5-3-4-6-18(17)12-19/h3-10,14,19-20H,11-13H2,1-2H3,(H2,25,27)(H2,26,32)(H,28,30)(H,29,31)/t14?,20-/m1/s1. The van der Waals surface area contributed by atoms with Gasteiger partial charge in [-0.05, 0) is 36.5 Å². The van der Waals surface area contributed by atoms with Crippen molar-refractivity contribution < 1.29 is 19.1 Å². The summed E-state index contributed by atoms with van der Waals surface area (Å²) in [4.78, 5) is 40.8. The minimum Gasteiger partial charge on any atom is -0.436 e. The number of rotatable bonds is 8. The van der Waals surface area contributed by atoms with Crippen LogP contribution in [0.5, 0.6) is 0 Å². The number of amides is 3. The number of primary amides is 1. The van der Waals surface area contributed by atoms with Gasteiger partial charge in [-0.2, -0.15) is 0 Å². The van der Waals surface area contributed by atoms with Crippen LogP contribution >= 0.6 is 0 Å². The van der Waals surface area contributed by atoms with Crippen LogP contribution in [0.25, 0.3) is 0 Å². The van der Waals surface area contributed by atoms with Crippen molar-refractivity contribution in [1.29, 1.82) is 0 Å². The summed E-state index contributed by atoms with van der Waals surface area (Å²) in [6.07, 6.45) is -0.930. The fourth-order valence-electron chi connectivity index (χ4n) is 3.92. The molecule has 0 heterocycles. The first-order valence-electron chi connectivity index (χ1n) is 10.7. The second kappa shape index (κ2) is 10.6. The van der Waals surface area contributed by atoms with Crippen LogP contribution in [0.3, 0.4) is 0 Å². The maximum absolute atomic E-state index is 12.9. The number of aliphatic imine (C=N–C) groups is 1. The van der Waals surface area contributed by atoms with E-state index in [-0.39, 0.29) is 18.4 Å². The Hall–Kier alpha value is -3.88. The highest BCUT2D eigenvalue weighted by Gasteiger charge is 2.36. The van der Waals surface area contributed by atoms with Crippen LogP contribution in [-0.2, 0) is 33.7 Å². The number of nitrogens with zero attached hydrogens (tertiary/aromatic N) is 1. The van der Waals surface area contributed by atoms with Gasteiger partial charge >= 0.3 is 6.09 Å². The van der Waals surface area contributed by atoms with Crippen LogP contribution in [0.15, 0.2) is 53.5 Å². The second-order valence-corrected chi connectivity index (χ2v) is 8.05. The first-order valence-corrected chi connectivity index (χ1v) is 10.7. The van der Waals surface area contributed by atoms with Gasteiger partial charge in [0.2, 0.25) is 5.91 Å². The van der Waals surface area contributed by atoms with Crippen molar-refractivity contribution >= 4 is 23.7 Å². The molecule has 33 heavy (non-hydrogen) atoms. The molecular weight excluding hydrogens is 422 g/mol. The predicted octanol–water partition coefficient (Wildman–Crippen LogP) is 1.02. The minimum atomic E-state index is -1.08. The molecule has 1 unspecified atom stereocenters. The highest BCUT2D eigenvalue weighted by molar-refractivity contribution is 5.97. The number of nitrogens with two attached hydrogens (primary N) is 2. The molecule has 0 saturated carbocycles. The Balaban J connectivity index is 1.56. The number of hydrogen-bond donors (Lipinski definition) is 4. The van der Waals surface area contributed by atoms with E-state index in [0.29, 0.717) is 18.7 Å². The maximum Gasteiger partial charge on any atom is 0.405 e. The molecule has 0 spiro atoms. The molecular formula is C24H29N5O4. The summed E-state index contributed by atoms with van der Waals surface area (Å²) in [5.74, 6) is -0.731. The third kappa shape index (κ3) is 6.09. The lowest BCUT2D eigenvalue weighted by Crippen LogP contribution is -2.51. The predicted molar refractivity (Wildman–Crippen MR) is 124 cm³/mol. The van der Waals surface area contributed by atoms with E-state index in [9.17, 15) is 14.4 Å². The molecule has 9 heteroatoms. The molecule has 0 radical (unpaired) electrons. The van der Waals surface area contributed by atoms with Crippen molar-refractivity contribution in [3.8, 4) is 0 Å². The lowest BCUT2D eigenvalue weighted by Gasteiger charge is -2.24. The Morgan fingerprint density at radius 2 is 1.64 bits per heavy atom. The first-order chi connectivity index (χ1) is 15.8. The van der Waals surface area contributed by atoms with Gasteiger partial charge < -0.3 is 26.8 Å². The van der Waals surface area contributed by atoms with Gasteiger partial charge in [-0.3, -0.25) is 14.6 Å². The first kappa shape index (κ1) is 23.8. The average Bonchev–Trinajstić information content (AvgIpc) is 3.24. The smallest absolute Gasteiger partial charge is 0.405 e. The quantitative estimate of drug-likeness (QED) is 0.349. The summed E-state index contributed by atoms with van der Waals surface area (Å²) in [6.45, 7) is 1.85. The van der Waals surface area contributed by atoms with E-state index in [2.05, 4.69) is 15.6 Å². The lowest BCUT2D eigenvalue weighted by molar-refractivity contribution is -0.135. The number of ether oxygens (including phenoxy) is 1. The highest BCUT2D eigenvalue weighted by atomic mass is 16.6. The van der Waals surface area contributed by atoms with Gasteiger partial charge in [0, 0.05) is 25.1 Å². The van der Waals surface area contributed by atoms with Gasteiger partial charge in [0.25, 0.3) is 5.91 Å². The maximum atomic E-state index is 12.9. The zero-order chi connectivity index (χ0) is 24.0. The fourth-order valence-corrected chi connectivity index (χ4v) is 3.92. The van der Waals surface area contributed by atoms with Crippen molar-refractivity contribution in [2.45, 2.75) is 38.5 Å². The molecule has 3 amide bonds. The second-order valence-electron chi connectivity index (χ2n) is 8.05. The van der Waals surface area contributed by atoms with E-state index in [1.807, 2.05) is 48.5 Å². The number of fused-ring (bicyclic) bond motifs is 1. The van der Waals surface area contributed by atoms with E-state index in [0.717, 1.165) is 22.3 Å². The van der Waals surface area contributed by atoms with Crippen LogP contribution in [0, 0.1) is 5.92 Å². The van der Waals surface area contributed by atoms with Crippen molar-refractivity contribution in [2.24, 2.45) is 22.4 Å². The number of benzene rings is 2. The zero-order valence-electron chi connectivity index (χ0n) is 18.7. The monoisotopic (exact) mass is 451 g/mol. The Kier molecular flexibility index (Phi) is 7.66. The Labute approximate surface area is 192 Å². The van der Waals surface area contributed by atoms with Crippen molar-refractivity contribution in [2.75, 3.05) is 7.05 Å². The molecule has 0 saturated heterocycles. The molecule has 0 aliphatic heterocycles. The summed E-state index contributed by atoms with van der Waals surface area (Å²) in [7, 11) is 1.61. The van der Waals surface area contributed by atoms with Crippen molar-refractivity contribution in [3.05, 3.63) is 70.8 Å². The number of carbonyl (C=O) groups excluding carboxylic acids is 3. The average molecular weight is 452 g/mol. The molecule has 0 fully saturated rings. The number of hydrogen-bond acceptors (Lipinski definition) is 5. The van der Waals surface area contributed by atoms with E-state index >= 15 is 0 Å². The van der Waals surface area contributed by atoms with Gasteiger partial charge in [0.05, 0.1) is 0 Å². The zero-order valence-corrected chi connectivity index (χ0v) is 18.7. The molecule has 2 atom stereocenters. The topological polar surface area (TPSA) is 149 Å². The molecule has 174 valence electrons. The summed E-state index contributed by atoms with van der Waals surface area (Å²) in [5.41, 5.74) is 14.9. The van der Waals surface area contributed by atoms with Crippen LogP contribution < -0.4 is 22.1 Å². The molecule has 1 aliphatic rings. The van der Waals surface area contributed by atoms with Gasteiger partial charge in [-0.25, -0.2) is 4.79 Å². The van der Waals surface area contributed by atoms with Gasteiger partial charge in [-0.1, -0.05) is 48.5 Å². The molecule has 0 bridgehead atoms. The van der Waals surface area contributed by atoms with Crippen LogP contribution in [0.2, 0.25) is 0 Å². The molecule has 2 aromatic rings. The highest BCUT2D eigenvalue weighted by Crippen LogP contribution is 2.30. The summed E-state index contributed by atoms with van der Waals surface area (Å²) in [6, 6.07) is 14.3. The molecule has 2 aromatic carbocycles. The third-order valence-electron chi connectivity index (χ3n) is 5.72. The van der Waals surface area contributed by atoms with Crippen LogP contribution in [0.1, 0.15) is 29.2 Å². The Morgan fingerprint density at radius 3 is 2.18 bits per heavy atom. The molecule has 3 rings (SSSR count). The SMILES string of the molecule is CN=C(N)c1ccc(CNC(=O)C(C)NC(=O)[C@H](OC(N)=O)C2Cc3ccccc3C2)cc1. The Morgan fingerprint density at radius 1 is 1.03 bits per heavy atom. The number of amidine groups is 1. The Bertz CT molecular complexity index is 1030. The summed E-state index contributed by atoms with van der Waals surface area (Å²) in [5, 5.41) is 5.42. The minimum absolute atomic E-state index is 0.247. The van der Waals surface area contributed by atoms with Crippen LogP contribution in [-0.4, -0.2) is 42.9 Å². The molecule has 0 aromatic heterocycles. The fraction of sp³-hybridized carbons (Fsp3) is 0.333. The van der Waals surface area contributed by atoms with Crippen molar-refractivity contribution in [1.82, 2.24) is 10.6 Å². The van der Waals surface area contributed by atoms with E-state index in [1.165, 1.54) is 0 Å². The van der Waals surface area contributed by atoms with Gasteiger partial charge in [0.1, 0.15) is 11.9 Å². The van der Waals surface area contributed by atoms with E-state index < -0.39 is 24.1 Å². The molecule has 1 aliphatic carbocycles. The largest absolute Gasteiger partial charge is 0.436 e. The van der Waals surface area contributed by atoms with Gasteiger partial charge in [0.15, 0.2) is 6.10 Å². The lowest BCUT2D eigenvalue weighted by atomic mass is 9.98. The number of carbonyl (C=O) groups is 3. The number of nitrogens with one attached hydrogen (secondary N) is 2. The van der Waals surface area contributed by atoms with Gasteiger partial charge in [-0.15, -0.1) is 0 Å². The summed E-state index contributed by atoms with van der Waals surface area (Å²) >= 11 is 0. The van der Waals surface area contributed by atoms with E-state index in [1.54, 1.807) is 14.0 Å².